The van der Waals surface area contributed by atoms with Crippen LogP contribution in [-0.2, 0) is 20.0 Å². The van der Waals surface area contributed by atoms with Gasteiger partial charge in [-0.05, 0) is 60.0 Å². The minimum atomic E-state index is -3.66. The van der Waals surface area contributed by atoms with Crippen LogP contribution < -0.4 is 0 Å². The highest BCUT2D eigenvalue weighted by Gasteiger charge is 2.35. The first-order valence-electron chi connectivity index (χ1n) is 8.37. The van der Waals surface area contributed by atoms with Crippen molar-refractivity contribution in [1.29, 1.82) is 0 Å². The van der Waals surface area contributed by atoms with E-state index in [4.69, 9.17) is 0 Å². The number of piperazine rings is 1. The fourth-order valence-corrected chi connectivity index (χ4v) is 8.84. The fraction of sp³-hybridized carbons (Fsp3) is 0.412. The first-order chi connectivity index (χ1) is 12.5. The smallest absolute Gasteiger partial charge is 0.207 e. The summed E-state index contributed by atoms with van der Waals surface area (Å²) in [6, 6.07) is 6.97. The van der Waals surface area contributed by atoms with E-state index in [1.54, 1.807) is 26.0 Å². The normalized spacial score (nSPS) is 17.3. The van der Waals surface area contributed by atoms with Gasteiger partial charge in [-0.15, -0.1) is 11.3 Å². The van der Waals surface area contributed by atoms with E-state index >= 15 is 0 Å². The topological polar surface area (TPSA) is 74.8 Å². The van der Waals surface area contributed by atoms with E-state index in [9.17, 15) is 16.8 Å². The summed E-state index contributed by atoms with van der Waals surface area (Å²) >= 11 is 4.43. The molecule has 148 valence electrons. The lowest BCUT2D eigenvalue weighted by molar-refractivity contribution is 0.273. The summed E-state index contributed by atoms with van der Waals surface area (Å²) in [5, 5.41) is 0. The quantitative estimate of drug-likeness (QED) is 0.656. The molecule has 1 saturated heterocycles. The van der Waals surface area contributed by atoms with Crippen molar-refractivity contribution < 1.29 is 16.8 Å². The Hall–Kier alpha value is -0.780. The summed E-state index contributed by atoms with van der Waals surface area (Å²) in [6.07, 6.45) is 0. The zero-order chi connectivity index (χ0) is 20.0. The summed E-state index contributed by atoms with van der Waals surface area (Å²) in [4.78, 5) is 0.326. The number of aryl methyl sites for hydroxylation is 3. The number of hydrogen-bond acceptors (Lipinski definition) is 5. The van der Waals surface area contributed by atoms with Gasteiger partial charge in [-0.2, -0.15) is 8.61 Å². The number of hydrogen-bond donors (Lipinski definition) is 0. The number of rotatable bonds is 4. The molecule has 0 unspecified atom stereocenters. The lowest BCUT2D eigenvalue weighted by Gasteiger charge is -2.33. The maximum Gasteiger partial charge on any atom is 0.252 e. The standard InChI is InChI=1S/C17H21BrN2O4S3/c1-12-10-13(2)17(14(3)11-12)27(23,24)20-8-6-19(7-9-20)26(21,22)16-5-4-15(18)25-16/h4-5,10-11H,6-9H2,1-3H3. The van der Waals surface area contributed by atoms with Gasteiger partial charge in [0.2, 0.25) is 10.0 Å². The highest BCUT2D eigenvalue weighted by atomic mass is 79.9. The molecule has 1 aromatic heterocycles. The minimum absolute atomic E-state index is 0.140. The molecule has 0 bridgehead atoms. The Morgan fingerprint density at radius 1 is 0.852 bits per heavy atom. The molecular formula is C17H21BrN2O4S3. The van der Waals surface area contributed by atoms with E-state index in [-0.39, 0.29) is 30.4 Å². The lowest BCUT2D eigenvalue weighted by atomic mass is 10.1. The van der Waals surface area contributed by atoms with E-state index in [0.29, 0.717) is 16.0 Å². The Morgan fingerprint density at radius 2 is 1.33 bits per heavy atom. The van der Waals surface area contributed by atoms with Crippen LogP contribution in [0.1, 0.15) is 16.7 Å². The molecule has 3 rings (SSSR count). The van der Waals surface area contributed by atoms with Crippen molar-refractivity contribution in [3.63, 3.8) is 0 Å². The van der Waals surface area contributed by atoms with Crippen LogP contribution >= 0.6 is 27.3 Å². The number of sulfonamides is 2. The average Bonchev–Trinajstić information content (AvgIpc) is 3.01. The van der Waals surface area contributed by atoms with Crippen LogP contribution in [0.15, 0.2) is 37.2 Å². The van der Waals surface area contributed by atoms with Crippen LogP contribution in [0.3, 0.4) is 0 Å². The molecule has 0 saturated carbocycles. The molecule has 0 atom stereocenters. The Labute approximate surface area is 173 Å². The van der Waals surface area contributed by atoms with Gasteiger partial charge in [0, 0.05) is 26.2 Å². The molecule has 1 aliphatic heterocycles. The number of nitrogens with zero attached hydrogens (tertiary/aromatic N) is 2. The Balaban J connectivity index is 1.81. The molecule has 2 aromatic rings. The second-order valence-corrected chi connectivity index (χ2v) is 13.1. The highest BCUT2D eigenvalue weighted by molar-refractivity contribution is 9.11. The largest absolute Gasteiger partial charge is 0.252 e. The van der Waals surface area contributed by atoms with E-state index in [1.807, 2.05) is 19.1 Å². The van der Waals surface area contributed by atoms with Crippen molar-refractivity contribution in [2.24, 2.45) is 0 Å². The predicted molar refractivity (Wildman–Crippen MR) is 110 cm³/mol. The number of halogens is 1. The first-order valence-corrected chi connectivity index (χ1v) is 12.9. The van der Waals surface area contributed by atoms with Gasteiger partial charge in [0.15, 0.2) is 0 Å². The van der Waals surface area contributed by atoms with Crippen LogP contribution in [0, 0.1) is 20.8 Å². The third-order valence-electron chi connectivity index (χ3n) is 4.54. The minimum Gasteiger partial charge on any atom is -0.207 e. The molecule has 1 fully saturated rings. The molecule has 10 heteroatoms. The van der Waals surface area contributed by atoms with Gasteiger partial charge in [-0.25, -0.2) is 16.8 Å². The van der Waals surface area contributed by atoms with Crippen molar-refractivity contribution >= 4 is 47.3 Å². The maximum atomic E-state index is 13.1. The van der Waals surface area contributed by atoms with Crippen LogP contribution in [0.25, 0.3) is 0 Å². The van der Waals surface area contributed by atoms with E-state index < -0.39 is 20.0 Å². The van der Waals surface area contributed by atoms with Gasteiger partial charge in [0.1, 0.15) is 4.21 Å². The van der Waals surface area contributed by atoms with Gasteiger partial charge in [0.25, 0.3) is 10.0 Å². The summed E-state index contributed by atoms with van der Waals surface area (Å²) < 4.78 is 55.4. The summed E-state index contributed by atoms with van der Waals surface area (Å²) in [5.41, 5.74) is 2.44. The third-order valence-corrected chi connectivity index (χ3v) is 10.7. The third kappa shape index (κ3) is 4.01. The Kier molecular flexibility index (Phi) is 5.87. The summed E-state index contributed by atoms with van der Waals surface area (Å²) in [5.74, 6) is 0. The molecule has 27 heavy (non-hydrogen) atoms. The molecule has 1 aromatic carbocycles. The van der Waals surface area contributed by atoms with Crippen molar-refractivity contribution in [3.05, 3.63) is 44.7 Å². The molecule has 0 N–H and O–H groups in total. The van der Waals surface area contributed by atoms with Crippen molar-refractivity contribution in [2.45, 2.75) is 29.9 Å². The van der Waals surface area contributed by atoms with Gasteiger partial charge in [-0.3, -0.25) is 0 Å². The van der Waals surface area contributed by atoms with E-state index in [0.717, 1.165) is 20.7 Å². The lowest BCUT2D eigenvalue weighted by Crippen LogP contribution is -2.50. The van der Waals surface area contributed by atoms with Crippen molar-refractivity contribution in [2.75, 3.05) is 26.2 Å². The molecule has 0 radical (unpaired) electrons. The monoisotopic (exact) mass is 492 g/mol. The zero-order valence-corrected chi connectivity index (χ0v) is 19.3. The van der Waals surface area contributed by atoms with E-state index in [1.165, 1.54) is 8.61 Å². The maximum absolute atomic E-state index is 13.1. The average molecular weight is 493 g/mol. The van der Waals surface area contributed by atoms with Gasteiger partial charge >= 0.3 is 0 Å². The molecule has 0 amide bonds. The van der Waals surface area contributed by atoms with Crippen LogP contribution in [0.5, 0.6) is 0 Å². The second kappa shape index (κ2) is 7.57. The van der Waals surface area contributed by atoms with Gasteiger partial charge in [0.05, 0.1) is 8.68 Å². The Morgan fingerprint density at radius 3 is 1.78 bits per heavy atom. The van der Waals surface area contributed by atoms with Crippen LogP contribution in [-0.4, -0.2) is 51.6 Å². The highest BCUT2D eigenvalue weighted by Crippen LogP contribution is 2.30. The summed E-state index contributed by atoms with van der Waals surface area (Å²) in [7, 11) is -7.26. The molecule has 6 nitrogen and oxygen atoms in total. The van der Waals surface area contributed by atoms with Crippen LogP contribution in [0.4, 0.5) is 0 Å². The molecule has 0 spiro atoms. The molecule has 2 heterocycles. The second-order valence-electron chi connectivity index (χ2n) is 6.59. The van der Waals surface area contributed by atoms with Gasteiger partial charge < -0.3 is 0 Å². The first kappa shape index (κ1) is 20.9. The fourth-order valence-electron chi connectivity index (χ4n) is 3.42. The number of thiophene rings is 1. The number of benzene rings is 1. The molecule has 0 aliphatic carbocycles. The Bertz CT molecular complexity index is 1050. The van der Waals surface area contributed by atoms with Crippen molar-refractivity contribution in [3.8, 4) is 0 Å². The molecular weight excluding hydrogens is 472 g/mol. The van der Waals surface area contributed by atoms with E-state index in [2.05, 4.69) is 15.9 Å². The molecule has 1 aliphatic rings. The summed E-state index contributed by atoms with van der Waals surface area (Å²) in [6.45, 7) is 6.08. The zero-order valence-electron chi connectivity index (χ0n) is 15.3. The van der Waals surface area contributed by atoms with Crippen LogP contribution in [0.2, 0.25) is 0 Å². The SMILES string of the molecule is Cc1cc(C)c(S(=O)(=O)N2CCN(S(=O)(=O)c3ccc(Br)s3)CC2)c(C)c1. The van der Waals surface area contributed by atoms with Crippen molar-refractivity contribution in [1.82, 2.24) is 8.61 Å². The van der Waals surface area contributed by atoms with Gasteiger partial charge in [-0.1, -0.05) is 17.7 Å². The predicted octanol–water partition coefficient (Wildman–Crippen LogP) is 3.13.